The molecule has 220 valence electrons. The Bertz CT molecular complexity index is 1440. The van der Waals surface area contributed by atoms with Gasteiger partial charge in [-0.1, -0.05) is 26.0 Å². The second-order valence-corrected chi connectivity index (χ2v) is 10.7. The lowest BCUT2D eigenvalue weighted by molar-refractivity contribution is -0.199. The van der Waals surface area contributed by atoms with Crippen LogP contribution in [0.5, 0.6) is 5.75 Å². The minimum atomic E-state index is -2.89. The number of aliphatic hydroxyl groups is 4. The predicted octanol–water partition coefficient (Wildman–Crippen LogP) is 0.171. The molecule has 6 N–H and O–H groups in total. The summed E-state index contributed by atoms with van der Waals surface area (Å²) in [4.78, 5) is 66.6. The molecule has 13 nitrogen and oxygen atoms in total. The number of hydrogen-bond acceptors (Lipinski definition) is 12. The number of likely N-dealkylation sites (N-methyl/N-ethyl adjacent to an activating group) is 1. The molecule has 0 bridgehead atoms. The minimum Gasteiger partial charge on any atom is -0.507 e. The smallest absolute Gasteiger partial charge is 0.310 e. The van der Waals surface area contributed by atoms with Crippen molar-refractivity contribution in [2.24, 2.45) is 17.6 Å². The number of amides is 1. The molecule has 0 radical (unpaired) electrons. The molecule has 0 aliphatic heterocycles. The van der Waals surface area contributed by atoms with Crippen molar-refractivity contribution < 1.29 is 53.9 Å². The number of carbonyl (C=O) groups excluding carboxylic acids is 5. The van der Waals surface area contributed by atoms with E-state index in [1.807, 2.05) is 0 Å². The number of carbonyl (C=O) groups is 5. The Morgan fingerprint density at radius 1 is 1.07 bits per heavy atom. The summed E-state index contributed by atoms with van der Waals surface area (Å²) in [6, 6.07) is 2.62. The summed E-state index contributed by atoms with van der Waals surface area (Å²) in [6.45, 7) is 4.18. The molecule has 4 rings (SSSR count). The van der Waals surface area contributed by atoms with Crippen molar-refractivity contribution >= 4 is 35.2 Å². The van der Waals surface area contributed by atoms with Gasteiger partial charge in [0.05, 0.1) is 40.7 Å². The van der Waals surface area contributed by atoms with Crippen molar-refractivity contribution in [3.05, 3.63) is 46.2 Å². The van der Waals surface area contributed by atoms with Gasteiger partial charge in [-0.25, -0.2) is 0 Å². The van der Waals surface area contributed by atoms with E-state index in [0.29, 0.717) is 0 Å². The third-order valence-electron chi connectivity index (χ3n) is 8.06. The molecular weight excluding hydrogens is 540 g/mol. The molecule has 0 heterocycles. The summed E-state index contributed by atoms with van der Waals surface area (Å²) in [7, 11) is 2.80. The minimum absolute atomic E-state index is 0.00353. The van der Waals surface area contributed by atoms with Crippen molar-refractivity contribution in [3.63, 3.8) is 0 Å². The number of nitrogens with zero attached hydrogens (tertiary/aromatic N) is 1. The Labute approximate surface area is 234 Å². The second kappa shape index (κ2) is 10.1. The van der Waals surface area contributed by atoms with Gasteiger partial charge in [0.2, 0.25) is 11.4 Å². The first kappa shape index (κ1) is 29.9. The predicted molar refractivity (Wildman–Crippen MR) is 140 cm³/mol. The van der Waals surface area contributed by atoms with Crippen LogP contribution in [0.3, 0.4) is 0 Å². The third kappa shape index (κ3) is 4.06. The van der Waals surface area contributed by atoms with Crippen LogP contribution in [0.15, 0.2) is 35.1 Å². The zero-order valence-electron chi connectivity index (χ0n) is 23.1. The summed E-state index contributed by atoms with van der Waals surface area (Å²) in [6.07, 6.45) is -2.29. The standard InChI is InChI=1S/C28H32N2O11/c1-6-13(31)40-12-10-8-9-11-15(12)21(33)16-18(27(11,3)39)23(35)19-20(30(4)5)22(34)17(26(29)38)25(37)28(19,24(16)36)41-14(32)7-2/h8-10,18-20,23,33,35,37,39H,6-7H2,1-5H3,(H2,29,38)/t18-,19-,20+,23+,27-,28+/m1/s1. The van der Waals surface area contributed by atoms with Crippen LogP contribution < -0.4 is 10.5 Å². The number of ketones is 2. The highest BCUT2D eigenvalue weighted by atomic mass is 16.6. The van der Waals surface area contributed by atoms with Crippen molar-refractivity contribution in [2.75, 3.05) is 14.1 Å². The molecule has 1 aromatic rings. The number of ether oxygens (including phenoxy) is 2. The van der Waals surface area contributed by atoms with Gasteiger partial charge in [-0.2, -0.15) is 0 Å². The fourth-order valence-electron chi connectivity index (χ4n) is 6.26. The van der Waals surface area contributed by atoms with E-state index in [0.717, 1.165) is 0 Å². The van der Waals surface area contributed by atoms with E-state index < -0.39 is 87.3 Å². The Balaban J connectivity index is 2.15. The third-order valence-corrected chi connectivity index (χ3v) is 8.06. The van der Waals surface area contributed by atoms with Gasteiger partial charge < -0.3 is 35.6 Å². The van der Waals surface area contributed by atoms with E-state index in [-0.39, 0.29) is 29.7 Å². The zero-order valence-corrected chi connectivity index (χ0v) is 23.1. The van der Waals surface area contributed by atoms with E-state index >= 15 is 0 Å². The molecule has 13 heteroatoms. The second-order valence-electron chi connectivity index (χ2n) is 10.7. The monoisotopic (exact) mass is 572 g/mol. The number of nitrogens with two attached hydrogens (primary N) is 1. The van der Waals surface area contributed by atoms with Gasteiger partial charge in [-0.15, -0.1) is 0 Å². The maximum atomic E-state index is 14.6. The Morgan fingerprint density at radius 2 is 1.68 bits per heavy atom. The first-order valence-electron chi connectivity index (χ1n) is 13.0. The molecule has 0 spiro atoms. The molecular formula is C28H32N2O11. The highest BCUT2D eigenvalue weighted by Gasteiger charge is 2.72. The van der Waals surface area contributed by atoms with Gasteiger partial charge in [-0.05, 0) is 32.6 Å². The molecule has 6 atom stereocenters. The van der Waals surface area contributed by atoms with Gasteiger partial charge in [0, 0.05) is 12.8 Å². The fourth-order valence-corrected chi connectivity index (χ4v) is 6.26. The van der Waals surface area contributed by atoms with Crippen LogP contribution in [0.25, 0.3) is 5.76 Å². The average Bonchev–Trinajstić information content (AvgIpc) is 2.89. The Kier molecular flexibility index (Phi) is 7.36. The Hall–Kier alpha value is -4.07. The van der Waals surface area contributed by atoms with E-state index in [1.54, 1.807) is 0 Å². The van der Waals surface area contributed by atoms with E-state index in [9.17, 15) is 44.4 Å². The molecule has 0 unspecified atom stereocenters. The number of benzene rings is 1. The first-order valence-corrected chi connectivity index (χ1v) is 13.0. The number of aliphatic hydroxyl groups excluding tert-OH is 3. The summed E-state index contributed by atoms with van der Waals surface area (Å²) in [5.41, 5.74) is -1.52. The lowest BCUT2D eigenvalue weighted by atomic mass is 9.53. The number of primary amides is 1. The van der Waals surface area contributed by atoms with Gasteiger partial charge in [0.1, 0.15) is 17.1 Å². The molecule has 0 aromatic heterocycles. The summed E-state index contributed by atoms with van der Waals surface area (Å²) >= 11 is 0. The van der Waals surface area contributed by atoms with Gasteiger partial charge in [-0.3, -0.25) is 28.9 Å². The molecule has 41 heavy (non-hydrogen) atoms. The first-order chi connectivity index (χ1) is 19.1. The van der Waals surface area contributed by atoms with Crippen molar-refractivity contribution in [1.29, 1.82) is 0 Å². The molecule has 1 amide bonds. The van der Waals surface area contributed by atoms with Crippen LogP contribution in [-0.2, 0) is 34.3 Å². The molecule has 0 saturated heterocycles. The van der Waals surface area contributed by atoms with Gasteiger partial charge >= 0.3 is 11.9 Å². The number of fused-ring (bicyclic) bond motifs is 3. The van der Waals surface area contributed by atoms with Crippen molar-refractivity contribution in [3.8, 4) is 5.75 Å². The summed E-state index contributed by atoms with van der Waals surface area (Å²) in [5.74, 6) is -11.2. The van der Waals surface area contributed by atoms with E-state index in [1.165, 1.54) is 58.0 Å². The van der Waals surface area contributed by atoms with Gasteiger partial charge in [0.15, 0.2) is 11.5 Å². The van der Waals surface area contributed by atoms with Crippen LogP contribution in [0.1, 0.15) is 44.7 Å². The normalized spacial score (nSPS) is 30.9. The highest BCUT2D eigenvalue weighted by Crippen LogP contribution is 2.58. The number of Topliss-reactive ketones (excluding diaryl/α,β-unsaturated/α-hetero) is 2. The van der Waals surface area contributed by atoms with Crippen LogP contribution in [-0.4, -0.2) is 86.6 Å². The van der Waals surface area contributed by atoms with Crippen LogP contribution >= 0.6 is 0 Å². The molecule has 3 aliphatic rings. The van der Waals surface area contributed by atoms with Gasteiger partial charge in [0.25, 0.3) is 5.91 Å². The van der Waals surface area contributed by atoms with Crippen molar-refractivity contribution in [2.45, 2.75) is 57.0 Å². The maximum absolute atomic E-state index is 14.6. The fraction of sp³-hybridized carbons (Fsp3) is 0.464. The number of rotatable bonds is 6. The number of esters is 2. The SMILES string of the molecule is CCC(=O)Oc1cccc2c1C(O)=C1C(=O)[C@]3(OC(=O)CC)C(O)=C(C(N)=O)C(=O)[C@@H](N(C)C)[C@@H]3[C@@H](O)[C@@H]1[C@]2(C)O. The molecule has 3 aliphatic carbocycles. The maximum Gasteiger partial charge on any atom is 0.310 e. The number of hydrogen-bond donors (Lipinski definition) is 5. The largest absolute Gasteiger partial charge is 0.507 e. The molecule has 1 aromatic carbocycles. The van der Waals surface area contributed by atoms with Crippen molar-refractivity contribution in [1.82, 2.24) is 4.90 Å². The molecule has 1 fully saturated rings. The van der Waals surface area contributed by atoms with E-state index in [2.05, 4.69) is 0 Å². The zero-order chi connectivity index (χ0) is 30.8. The summed E-state index contributed by atoms with van der Waals surface area (Å²) < 4.78 is 10.9. The van der Waals surface area contributed by atoms with Crippen LogP contribution in [0.4, 0.5) is 0 Å². The quantitative estimate of drug-likeness (QED) is 0.175. The Morgan fingerprint density at radius 3 is 2.22 bits per heavy atom. The lowest BCUT2D eigenvalue weighted by Gasteiger charge is -2.56. The highest BCUT2D eigenvalue weighted by molar-refractivity contribution is 6.25. The summed E-state index contributed by atoms with van der Waals surface area (Å²) in [5, 5.41) is 46.8. The van der Waals surface area contributed by atoms with Crippen LogP contribution in [0, 0.1) is 11.8 Å². The van der Waals surface area contributed by atoms with Crippen LogP contribution in [0.2, 0.25) is 0 Å². The topological polar surface area (TPSA) is 214 Å². The van der Waals surface area contributed by atoms with E-state index in [4.69, 9.17) is 15.2 Å². The lowest BCUT2D eigenvalue weighted by Crippen LogP contribution is -2.73. The molecule has 1 saturated carbocycles. The average molecular weight is 573 g/mol.